The molecule has 1 aromatic carbocycles. The number of carbonyl (C=O) groups excluding carboxylic acids is 1. The minimum atomic E-state index is -0.559. The second-order valence-electron chi connectivity index (χ2n) is 3.47. The van der Waals surface area contributed by atoms with Gasteiger partial charge in [0.15, 0.2) is 5.69 Å². The number of nitrogens with zero attached hydrogens (tertiary/aromatic N) is 3. The van der Waals surface area contributed by atoms with Crippen LogP contribution in [0.25, 0.3) is 5.69 Å². The van der Waals surface area contributed by atoms with Gasteiger partial charge >= 0.3 is 5.97 Å². The highest BCUT2D eigenvalue weighted by Crippen LogP contribution is 2.14. The van der Waals surface area contributed by atoms with Gasteiger partial charge in [0, 0.05) is 0 Å². The summed E-state index contributed by atoms with van der Waals surface area (Å²) >= 11 is 0. The predicted octanol–water partition coefficient (Wildman–Crippen LogP) is 1.50. The lowest BCUT2D eigenvalue weighted by atomic mass is 10.2. The zero-order chi connectivity index (χ0) is 12.4. The number of aryl methyl sites for hydroxylation is 1. The zero-order valence-corrected chi connectivity index (χ0v) is 9.35. The normalized spacial score (nSPS) is 10.3. The van der Waals surface area contributed by atoms with Gasteiger partial charge in [-0.2, -0.15) is 0 Å². The number of halogens is 1. The van der Waals surface area contributed by atoms with Gasteiger partial charge < -0.3 is 4.74 Å². The van der Waals surface area contributed by atoms with E-state index in [0.717, 1.165) is 0 Å². The molecule has 0 unspecified atom stereocenters. The van der Waals surface area contributed by atoms with Gasteiger partial charge in [-0.15, -0.1) is 5.10 Å². The maximum atomic E-state index is 12.9. The summed E-state index contributed by atoms with van der Waals surface area (Å²) < 4.78 is 18.9. The van der Waals surface area contributed by atoms with E-state index in [1.807, 2.05) is 0 Å². The molecule has 0 N–H and O–H groups in total. The van der Waals surface area contributed by atoms with E-state index in [9.17, 15) is 9.18 Å². The Morgan fingerprint density at radius 1 is 1.47 bits per heavy atom. The number of benzene rings is 1. The van der Waals surface area contributed by atoms with Gasteiger partial charge in [-0.1, -0.05) is 5.21 Å². The van der Waals surface area contributed by atoms with Crippen molar-refractivity contribution in [3.8, 4) is 5.69 Å². The lowest BCUT2D eigenvalue weighted by Crippen LogP contribution is -2.01. The Labute approximate surface area is 96.8 Å². The Morgan fingerprint density at radius 3 is 2.88 bits per heavy atom. The van der Waals surface area contributed by atoms with Crippen LogP contribution in [0.4, 0.5) is 4.39 Å². The van der Waals surface area contributed by atoms with Crippen molar-refractivity contribution in [2.75, 3.05) is 7.11 Å². The fourth-order valence-corrected chi connectivity index (χ4v) is 1.46. The first-order valence-corrected chi connectivity index (χ1v) is 4.89. The summed E-state index contributed by atoms with van der Waals surface area (Å²) in [5, 5.41) is 7.46. The van der Waals surface area contributed by atoms with Gasteiger partial charge in [-0.3, -0.25) is 0 Å². The molecule has 0 amide bonds. The van der Waals surface area contributed by atoms with Crippen molar-refractivity contribution in [3.05, 3.63) is 41.5 Å². The van der Waals surface area contributed by atoms with Crippen LogP contribution in [0.3, 0.4) is 0 Å². The molecular formula is C11H10FN3O2. The average molecular weight is 235 g/mol. The lowest BCUT2D eigenvalue weighted by molar-refractivity contribution is 0.0594. The fraction of sp³-hybridized carbons (Fsp3) is 0.182. The standard InChI is InChI=1S/C11H10FN3O2/c1-7-5-8(12)3-4-10(7)15-6-9(13-14-15)11(16)17-2/h3-6H,1-2H3. The first-order chi connectivity index (χ1) is 8.11. The summed E-state index contributed by atoms with van der Waals surface area (Å²) in [6.45, 7) is 1.75. The number of rotatable bonds is 2. The molecule has 0 radical (unpaired) electrons. The van der Waals surface area contributed by atoms with E-state index in [1.54, 1.807) is 13.0 Å². The van der Waals surface area contributed by atoms with E-state index in [2.05, 4.69) is 15.0 Å². The van der Waals surface area contributed by atoms with E-state index in [0.29, 0.717) is 11.3 Å². The van der Waals surface area contributed by atoms with Crippen LogP contribution in [0.2, 0.25) is 0 Å². The molecule has 0 aliphatic heterocycles. The SMILES string of the molecule is COC(=O)c1cn(-c2ccc(F)cc2C)nn1. The third-order valence-electron chi connectivity index (χ3n) is 2.29. The summed E-state index contributed by atoms with van der Waals surface area (Å²) in [4.78, 5) is 11.2. The number of ether oxygens (including phenoxy) is 1. The third-order valence-corrected chi connectivity index (χ3v) is 2.29. The molecule has 0 spiro atoms. The van der Waals surface area contributed by atoms with Crippen molar-refractivity contribution in [1.29, 1.82) is 0 Å². The summed E-state index contributed by atoms with van der Waals surface area (Å²) in [6.07, 6.45) is 1.44. The molecule has 88 valence electrons. The number of methoxy groups -OCH3 is 1. The van der Waals surface area contributed by atoms with Crippen molar-refractivity contribution in [3.63, 3.8) is 0 Å². The second kappa shape index (κ2) is 4.32. The Balaban J connectivity index is 2.40. The fourth-order valence-electron chi connectivity index (χ4n) is 1.46. The van der Waals surface area contributed by atoms with Crippen molar-refractivity contribution < 1.29 is 13.9 Å². The summed E-state index contributed by atoms with van der Waals surface area (Å²) in [5.41, 5.74) is 1.47. The Kier molecular flexibility index (Phi) is 2.86. The smallest absolute Gasteiger partial charge is 0.360 e. The van der Waals surface area contributed by atoms with E-state index in [4.69, 9.17) is 0 Å². The molecule has 5 nitrogen and oxygen atoms in total. The van der Waals surface area contributed by atoms with Crippen LogP contribution in [0.5, 0.6) is 0 Å². The Bertz CT molecular complexity index is 566. The van der Waals surface area contributed by atoms with E-state index >= 15 is 0 Å². The number of carbonyl (C=O) groups is 1. The molecule has 2 rings (SSSR count). The molecule has 0 aliphatic carbocycles. The van der Waals surface area contributed by atoms with Gasteiger partial charge in [0.05, 0.1) is 19.0 Å². The molecule has 0 saturated heterocycles. The highest BCUT2D eigenvalue weighted by atomic mass is 19.1. The topological polar surface area (TPSA) is 57.0 Å². The highest BCUT2D eigenvalue weighted by Gasteiger charge is 2.12. The van der Waals surface area contributed by atoms with E-state index < -0.39 is 5.97 Å². The van der Waals surface area contributed by atoms with Gasteiger partial charge in [0.25, 0.3) is 0 Å². The van der Waals surface area contributed by atoms with Gasteiger partial charge in [-0.05, 0) is 30.7 Å². The third kappa shape index (κ3) is 2.15. The van der Waals surface area contributed by atoms with Crippen LogP contribution in [-0.2, 0) is 4.74 Å². The highest BCUT2D eigenvalue weighted by molar-refractivity contribution is 5.86. The first kappa shape index (κ1) is 11.3. The molecule has 6 heteroatoms. The molecule has 1 heterocycles. The van der Waals surface area contributed by atoms with Crippen LogP contribution in [0.15, 0.2) is 24.4 Å². The maximum absolute atomic E-state index is 12.9. The molecule has 17 heavy (non-hydrogen) atoms. The molecule has 0 aliphatic rings. The number of aromatic nitrogens is 3. The monoisotopic (exact) mass is 235 g/mol. The van der Waals surface area contributed by atoms with Crippen LogP contribution in [0.1, 0.15) is 16.1 Å². The first-order valence-electron chi connectivity index (χ1n) is 4.89. The maximum Gasteiger partial charge on any atom is 0.360 e. The lowest BCUT2D eigenvalue weighted by Gasteiger charge is -2.03. The largest absolute Gasteiger partial charge is 0.464 e. The van der Waals surface area contributed by atoms with Crippen LogP contribution in [0, 0.1) is 12.7 Å². The summed E-state index contributed by atoms with van der Waals surface area (Å²) in [5.74, 6) is -0.879. The molecule has 0 fully saturated rings. The molecule has 1 aromatic heterocycles. The second-order valence-corrected chi connectivity index (χ2v) is 3.47. The van der Waals surface area contributed by atoms with Crippen molar-refractivity contribution in [1.82, 2.24) is 15.0 Å². The van der Waals surface area contributed by atoms with Crippen LogP contribution >= 0.6 is 0 Å². The molecule has 2 aromatic rings. The number of esters is 1. The molecule has 0 bridgehead atoms. The van der Waals surface area contributed by atoms with Gasteiger partial charge in [0.1, 0.15) is 5.82 Å². The predicted molar refractivity (Wildman–Crippen MR) is 57.4 cm³/mol. The minimum absolute atomic E-state index is 0.108. The van der Waals surface area contributed by atoms with Crippen molar-refractivity contribution >= 4 is 5.97 Å². The summed E-state index contributed by atoms with van der Waals surface area (Å²) in [7, 11) is 1.27. The molecule has 0 atom stereocenters. The van der Waals surface area contributed by atoms with Crippen LogP contribution in [-0.4, -0.2) is 28.1 Å². The average Bonchev–Trinajstić information content (AvgIpc) is 2.77. The number of hydrogen-bond acceptors (Lipinski definition) is 4. The zero-order valence-electron chi connectivity index (χ0n) is 9.35. The van der Waals surface area contributed by atoms with Crippen molar-refractivity contribution in [2.24, 2.45) is 0 Å². The Hall–Kier alpha value is -2.24. The van der Waals surface area contributed by atoms with Crippen LogP contribution < -0.4 is 0 Å². The minimum Gasteiger partial charge on any atom is -0.464 e. The van der Waals surface area contributed by atoms with Crippen molar-refractivity contribution in [2.45, 2.75) is 6.92 Å². The summed E-state index contributed by atoms with van der Waals surface area (Å²) in [6, 6.07) is 4.27. The molecular weight excluding hydrogens is 225 g/mol. The quantitative estimate of drug-likeness (QED) is 0.740. The van der Waals surface area contributed by atoms with Gasteiger partial charge in [-0.25, -0.2) is 13.9 Å². The Morgan fingerprint density at radius 2 is 2.24 bits per heavy atom. The van der Waals surface area contributed by atoms with E-state index in [-0.39, 0.29) is 11.5 Å². The van der Waals surface area contributed by atoms with E-state index in [1.165, 1.54) is 30.1 Å². The van der Waals surface area contributed by atoms with Gasteiger partial charge in [0.2, 0.25) is 0 Å². The molecule has 0 saturated carbocycles. The number of hydrogen-bond donors (Lipinski definition) is 0.